The first-order valence-electron chi connectivity index (χ1n) is 6.92. The van der Waals surface area contributed by atoms with Gasteiger partial charge in [-0.05, 0) is 24.3 Å². The van der Waals surface area contributed by atoms with E-state index in [4.69, 9.17) is 16.3 Å². The number of benzene rings is 1. The van der Waals surface area contributed by atoms with Gasteiger partial charge in [0.2, 0.25) is 0 Å². The van der Waals surface area contributed by atoms with Crippen molar-refractivity contribution in [1.82, 2.24) is 9.38 Å². The molecular formula is C16H12ClN3O2. The number of rotatable bonds is 1. The summed E-state index contributed by atoms with van der Waals surface area (Å²) in [5, 5.41) is 0.208. The molecule has 3 heterocycles. The molecule has 22 heavy (non-hydrogen) atoms. The molecule has 0 fully saturated rings. The zero-order chi connectivity index (χ0) is 15.1. The van der Waals surface area contributed by atoms with Crippen molar-refractivity contribution in [1.29, 1.82) is 0 Å². The van der Waals surface area contributed by atoms with Gasteiger partial charge in [-0.3, -0.25) is 9.20 Å². The SMILES string of the molecule is O=C(c1c(Cl)nc2ccccn12)N1CCOc2ccccc21. The molecule has 0 atom stereocenters. The first-order chi connectivity index (χ1) is 10.8. The summed E-state index contributed by atoms with van der Waals surface area (Å²) < 4.78 is 7.30. The van der Waals surface area contributed by atoms with Crippen molar-refractivity contribution in [3.63, 3.8) is 0 Å². The van der Waals surface area contributed by atoms with Crippen LogP contribution in [0.5, 0.6) is 5.75 Å². The Kier molecular flexibility index (Phi) is 3.01. The highest BCUT2D eigenvalue weighted by atomic mass is 35.5. The molecule has 1 aliphatic rings. The van der Waals surface area contributed by atoms with Crippen LogP contribution in [0.3, 0.4) is 0 Å². The number of carbonyl (C=O) groups is 1. The van der Waals surface area contributed by atoms with E-state index in [0.29, 0.717) is 30.2 Å². The molecule has 0 aliphatic carbocycles. The number of hydrogen-bond donors (Lipinski definition) is 0. The van der Waals surface area contributed by atoms with Crippen molar-refractivity contribution in [3.05, 3.63) is 59.5 Å². The minimum atomic E-state index is -0.181. The summed E-state index contributed by atoms with van der Waals surface area (Å²) in [6.45, 7) is 0.934. The number of halogens is 1. The fourth-order valence-corrected chi connectivity index (χ4v) is 2.93. The van der Waals surface area contributed by atoms with Crippen molar-refractivity contribution >= 4 is 28.8 Å². The summed E-state index contributed by atoms with van der Waals surface area (Å²) in [5.41, 5.74) is 1.77. The molecule has 1 aliphatic heterocycles. The van der Waals surface area contributed by atoms with Crippen LogP contribution in [0.4, 0.5) is 5.69 Å². The lowest BCUT2D eigenvalue weighted by atomic mass is 10.2. The minimum Gasteiger partial charge on any atom is -0.490 e. The number of nitrogens with zero attached hydrogens (tertiary/aromatic N) is 3. The molecular weight excluding hydrogens is 302 g/mol. The molecule has 0 saturated heterocycles. The molecule has 4 rings (SSSR count). The van der Waals surface area contributed by atoms with E-state index in [1.54, 1.807) is 15.5 Å². The molecule has 1 amide bonds. The topological polar surface area (TPSA) is 46.8 Å². The van der Waals surface area contributed by atoms with E-state index in [2.05, 4.69) is 4.98 Å². The van der Waals surface area contributed by atoms with Crippen LogP contribution in [0.15, 0.2) is 48.7 Å². The molecule has 6 heteroatoms. The average Bonchev–Trinajstić information content (AvgIpc) is 2.89. The standard InChI is InChI=1S/C16H12ClN3O2/c17-15-14(20-8-4-3-7-13(20)18-15)16(21)19-9-10-22-12-6-2-1-5-11(12)19/h1-8H,9-10H2. The van der Waals surface area contributed by atoms with E-state index in [1.165, 1.54) is 0 Å². The van der Waals surface area contributed by atoms with Gasteiger partial charge in [-0.15, -0.1) is 0 Å². The van der Waals surface area contributed by atoms with E-state index in [0.717, 1.165) is 5.69 Å². The Morgan fingerprint density at radius 2 is 2.00 bits per heavy atom. The Morgan fingerprint density at radius 3 is 2.91 bits per heavy atom. The van der Waals surface area contributed by atoms with Gasteiger partial charge in [0.1, 0.15) is 18.0 Å². The maximum absolute atomic E-state index is 13.0. The molecule has 0 radical (unpaired) electrons. The van der Waals surface area contributed by atoms with Gasteiger partial charge in [0.25, 0.3) is 5.91 Å². The number of para-hydroxylation sites is 2. The minimum absolute atomic E-state index is 0.181. The Hall–Kier alpha value is -2.53. The predicted molar refractivity (Wildman–Crippen MR) is 83.8 cm³/mol. The zero-order valence-corrected chi connectivity index (χ0v) is 12.3. The molecule has 0 bridgehead atoms. The van der Waals surface area contributed by atoms with Gasteiger partial charge in [0.05, 0.1) is 12.2 Å². The van der Waals surface area contributed by atoms with Gasteiger partial charge in [-0.2, -0.15) is 0 Å². The van der Waals surface area contributed by atoms with E-state index in [9.17, 15) is 4.79 Å². The van der Waals surface area contributed by atoms with Crippen LogP contribution in [0.25, 0.3) is 5.65 Å². The molecule has 0 saturated carbocycles. The van der Waals surface area contributed by atoms with Gasteiger partial charge in [-0.25, -0.2) is 4.98 Å². The first kappa shape index (κ1) is 13.2. The summed E-state index contributed by atoms with van der Waals surface area (Å²) >= 11 is 6.20. The van der Waals surface area contributed by atoms with Crippen LogP contribution in [-0.2, 0) is 0 Å². The summed E-state index contributed by atoms with van der Waals surface area (Å²) in [7, 11) is 0. The number of pyridine rings is 1. The number of imidazole rings is 1. The fourth-order valence-electron chi connectivity index (χ4n) is 2.67. The lowest BCUT2D eigenvalue weighted by molar-refractivity contribution is 0.0971. The second kappa shape index (κ2) is 5.03. The van der Waals surface area contributed by atoms with Crippen LogP contribution in [0, 0.1) is 0 Å². The van der Waals surface area contributed by atoms with Crippen LogP contribution in [0.2, 0.25) is 5.15 Å². The monoisotopic (exact) mass is 313 g/mol. The second-order valence-electron chi connectivity index (χ2n) is 4.95. The van der Waals surface area contributed by atoms with Gasteiger partial charge in [0, 0.05) is 6.20 Å². The highest BCUT2D eigenvalue weighted by Gasteiger charge is 2.28. The third-order valence-electron chi connectivity index (χ3n) is 3.66. The molecule has 0 unspecified atom stereocenters. The number of aromatic nitrogens is 2. The van der Waals surface area contributed by atoms with Crippen molar-refractivity contribution in [2.75, 3.05) is 18.1 Å². The van der Waals surface area contributed by atoms with E-state index in [-0.39, 0.29) is 11.1 Å². The second-order valence-corrected chi connectivity index (χ2v) is 5.31. The van der Waals surface area contributed by atoms with Crippen LogP contribution < -0.4 is 9.64 Å². The Bertz CT molecular complexity index is 875. The zero-order valence-electron chi connectivity index (χ0n) is 11.6. The van der Waals surface area contributed by atoms with Gasteiger partial charge < -0.3 is 9.64 Å². The summed E-state index contributed by atoms with van der Waals surface area (Å²) in [5.74, 6) is 0.520. The van der Waals surface area contributed by atoms with E-state index < -0.39 is 0 Å². The summed E-state index contributed by atoms with van der Waals surface area (Å²) in [4.78, 5) is 18.9. The molecule has 2 aromatic heterocycles. The van der Waals surface area contributed by atoms with Gasteiger partial charge in [-0.1, -0.05) is 29.8 Å². The number of fused-ring (bicyclic) bond motifs is 2. The van der Waals surface area contributed by atoms with Crippen LogP contribution in [0.1, 0.15) is 10.5 Å². The van der Waals surface area contributed by atoms with E-state index in [1.807, 2.05) is 42.5 Å². The van der Waals surface area contributed by atoms with Crippen molar-refractivity contribution in [2.45, 2.75) is 0 Å². The molecule has 0 spiro atoms. The fraction of sp³-hybridized carbons (Fsp3) is 0.125. The number of hydrogen-bond acceptors (Lipinski definition) is 3. The third-order valence-corrected chi connectivity index (χ3v) is 3.93. The maximum Gasteiger partial charge on any atom is 0.278 e. The number of ether oxygens (including phenoxy) is 1. The van der Waals surface area contributed by atoms with Gasteiger partial charge in [0.15, 0.2) is 10.8 Å². The predicted octanol–water partition coefficient (Wildman–Crippen LogP) is 3.03. The van der Waals surface area contributed by atoms with Gasteiger partial charge >= 0.3 is 0 Å². The number of carbonyl (C=O) groups excluding carboxylic acids is 1. The maximum atomic E-state index is 13.0. The van der Waals surface area contributed by atoms with E-state index >= 15 is 0 Å². The first-order valence-corrected chi connectivity index (χ1v) is 7.30. The largest absolute Gasteiger partial charge is 0.490 e. The van der Waals surface area contributed by atoms with Crippen molar-refractivity contribution in [2.24, 2.45) is 0 Å². The molecule has 3 aromatic rings. The number of anilines is 1. The molecule has 1 aromatic carbocycles. The van der Waals surface area contributed by atoms with Crippen LogP contribution in [-0.4, -0.2) is 28.4 Å². The Morgan fingerprint density at radius 1 is 1.18 bits per heavy atom. The molecule has 0 N–H and O–H groups in total. The van der Waals surface area contributed by atoms with Crippen LogP contribution >= 0.6 is 11.6 Å². The molecule has 110 valence electrons. The third kappa shape index (κ3) is 1.94. The lowest BCUT2D eigenvalue weighted by Gasteiger charge is -2.29. The summed E-state index contributed by atoms with van der Waals surface area (Å²) in [6.07, 6.45) is 1.79. The smallest absolute Gasteiger partial charge is 0.278 e. The summed E-state index contributed by atoms with van der Waals surface area (Å²) in [6, 6.07) is 13.0. The molecule has 5 nitrogen and oxygen atoms in total. The quantitative estimate of drug-likeness (QED) is 0.694. The highest BCUT2D eigenvalue weighted by molar-refractivity contribution is 6.33. The van der Waals surface area contributed by atoms with Crippen molar-refractivity contribution < 1.29 is 9.53 Å². The Balaban J connectivity index is 1.84. The lowest BCUT2D eigenvalue weighted by Crippen LogP contribution is -2.38. The average molecular weight is 314 g/mol. The van der Waals surface area contributed by atoms with Crippen molar-refractivity contribution in [3.8, 4) is 5.75 Å². The highest BCUT2D eigenvalue weighted by Crippen LogP contribution is 2.33. The Labute approximate surface area is 131 Å². The normalized spacial score (nSPS) is 13.8. The number of amides is 1.